The summed E-state index contributed by atoms with van der Waals surface area (Å²) in [6, 6.07) is -0.0591. The van der Waals surface area contributed by atoms with Crippen molar-refractivity contribution >= 4 is 5.91 Å². The molecule has 2 rings (SSSR count). The van der Waals surface area contributed by atoms with Gasteiger partial charge in [-0.05, 0) is 12.8 Å². The van der Waals surface area contributed by atoms with E-state index in [0.29, 0.717) is 0 Å². The Hall–Kier alpha value is -0.650. The van der Waals surface area contributed by atoms with E-state index in [9.17, 15) is 15.0 Å². The third kappa shape index (κ3) is 2.21. The number of β-amino-alcohol motifs (C(OH)–C–C–N with tert-alkyl or cyclic N) is 2. The van der Waals surface area contributed by atoms with E-state index in [0.717, 1.165) is 25.7 Å². The number of aliphatic hydroxyl groups excluding tert-OH is 2. The fraction of sp³-hybridized carbons (Fsp3) is 0.909. The number of rotatable bonds is 1. The highest BCUT2D eigenvalue weighted by atomic mass is 16.3. The highest BCUT2D eigenvalue weighted by Gasteiger charge is 2.37. The molecule has 1 amide bonds. The maximum Gasteiger partial charge on any atom is 0.227 e. The molecule has 0 bridgehead atoms. The van der Waals surface area contributed by atoms with Crippen LogP contribution in [-0.2, 0) is 4.79 Å². The van der Waals surface area contributed by atoms with Gasteiger partial charge < -0.3 is 20.8 Å². The molecule has 16 heavy (non-hydrogen) atoms. The first kappa shape index (κ1) is 11.8. The molecule has 1 heterocycles. The number of hydrogen-bond donors (Lipinski definition) is 3. The SMILES string of the molecule is NC1CCCCC1C(=O)N1C[C@@H](O)[C@@H](O)C1. The second-order valence-corrected chi connectivity index (χ2v) is 4.93. The minimum absolute atomic E-state index is 0.00259. The number of carbonyl (C=O) groups is 1. The average molecular weight is 228 g/mol. The molecule has 5 heteroatoms. The van der Waals surface area contributed by atoms with Crippen LogP contribution in [0.4, 0.5) is 0 Å². The van der Waals surface area contributed by atoms with Crippen molar-refractivity contribution in [2.75, 3.05) is 13.1 Å². The molecular formula is C11H20N2O3. The Morgan fingerprint density at radius 1 is 1.12 bits per heavy atom. The molecule has 1 aliphatic heterocycles. The largest absolute Gasteiger partial charge is 0.388 e. The summed E-state index contributed by atoms with van der Waals surface area (Å²) in [6.07, 6.45) is 2.27. The van der Waals surface area contributed by atoms with E-state index < -0.39 is 12.2 Å². The van der Waals surface area contributed by atoms with Gasteiger partial charge in [-0.2, -0.15) is 0 Å². The summed E-state index contributed by atoms with van der Waals surface area (Å²) in [5, 5.41) is 18.8. The summed E-state index contributed by atoms with van der Waals surface area (Å²) in [5.41, 5.74) is 5.94. The lowest BCUT2D eigenvalue weighted by Crippen LogP contribution is -2.45. The Kier molecular flexibility index (Phi) is 3.47. The number of hydrogen-bond acceptors (Lipinski definition) is 4. The van der Waals surface area contributed by atoms with Crippen LogP contribution < -0.4 is 5.73 Å². The molecule has 5 nitrogen and oxygen atoms in total. The monoisotopic (exact) mass is 228 g/mol. The number of nitrogens with two attached hydrogens (primary N) is 1. The van der Waals surface area contributed by atoms with Gasteiger partial charge >= 0.3 is 0 Å². The molecular weight excluding hydrogens is 208 g/mol. The van der Waals surface area contributed by atoms with Gasteiger partial charge in [0.05, 0.1) is 18.1 Å². The van der Waals surface area contributed by atoms with E-state index in [1.54, 1.807) is 4.90 Å². The number of carbonyl (C=O) groups excluding carboxylic acids is 1. The van der Waals surface area contributed by atoms with E-state index in [-0.39, 0.29) is 31.0 Å². The van der Waals surface area contributed by atoms with Gasteiger partial charge in [0, 0.05) is 19.1 Å². The van der Waals surface area contributed by atoms with Crippen LogP contribution in [0.5, 0.6) is 0 Å². The zero-order valence-corrected chi connectivity index (χ0v) is 9.38. The molecule has 4 atom stereocenters. The van der Waals surface area contributed by atoms with Crippen molar-refractivity contribution in [1.29, 1.82) is 0 Å². The molecule has 0 aromatic heterocycles. The predicted molar refractivity (Wildman–Crippen MR) is 58.5 cm³/mol. The molecule has 0 radical (unpaired) electrons. The number of amides is 1. The fourth-order valence-electron chi connectivity index (χ4n) is 2.65. The Balaban J connectivity index is 1.96. The van der Waals surface area contributed by atoms with Crippen LogP contribution in [0.3, 0.4) is 0 Å². The second kappa shape index (κ2) is 4.69. The highest BCUT2D eigenvalue weighted by molar-refractivity contribution is 5.80. The molecule has 0 aromatic rings. The number of aliphatic hydroxyl groups is 2. The quantitative estimate of drug-likeness (QED) is 0.541. The lowest BCUT2D eigenvalue weighted by molar-refractivity contribution is -0.136. The van der Waals surface area contributed by atoms with Crippen molar-refractivity contribution in [3.63, 3.8) is 0 Å². The topological polar surface area (TPSA) is 86.8 Å². The smallest absolute Gasteiger partial charge is 0.227 e. The minimum atomic E-state index is -0.802. The van der Waals surface area contributed by atoms with Gasteiger partial charge in [-0.15, -0.1) is 0 Å². The zero-order chi connectivity index (χ0) is 11.7. The van der Waals surface area contributed by atoms with Gasteiger partial charge in [0.2, 0.25) is 5.91 Å². The molecule has 4 N–H and O–H groups in total. The molecule has 2 fully saturated rings. The first-order chi connectivity index (χ1) is 7.59. The van der Waals surface area contributed by atoms with Gasteiger partial charge in [-0.1, -0.05) is 12.8 Å². The first-order valence-corrected chi connectivity index (χ1v) is 6.00. The van der Waals surface area contributed by atoms with Crippen LogP contribution in [0.1, 0.15) is 25.7 Å². The summed E-state index contributed by atoms with van der Waals surface area (Å²) in [7, 11) is 0. The van der Waals surface area contributed by atoms with Crippen molar-refractivity contribution < 1.29 is 15.0 Å². The van der Waals surface area contributed by atoms with Crippen molar-refractivity contribution in [3.05, 3.63) is 0 Å². The second-order valence-electron chi connectivity index (χ2n) is 4.93. The van der Waals surface area contributed by atoms with Crippen LogP contribution >= 0.6 is 0 Å². The third-order valence-electron chi connectivity index (χ3n) is 3.71. The van der Waals surface area contributed by atoms with Crippen LogP contribution in [0.15, 0.2) is 0 Å². The summed E-state index contributed by atoms with van der Waals surface area (Å²) in [6.45, 7) is 0.479. The van der Waals surface area contributed by atoms with Gasteiger partial charge in [-0.3, -0.25) is 4.79 Å². The molecule has 2 aliphatic rings. The molecule has 1 saturated carbocycles. The van der Waals surface area contributed by atoms with Crippen LogP contribution in [0.25, 0.3) is 0 Å². The molecule has 1 aliphatic carbocycles. The standard InChI is InChI=1S/C11H20N2O3/c12-8-4-2-1-3-7(8)11(16)13-5-9(14)10(15)6-13/h7-10,14-15H,1-6,12H2/t7?,8?,9-,10+. The summed E-state index contributed by atoms with van der Waals surface area (Å²) >= 11 is 0. The van der Waals surface area contributed by atoms with Crippen molar-refractivity contribution in [2.45, 2.75) is 43.9 Å². The fourth-order valence-corrected chi connectivity index (χ4v) is 2.65. The van der Waals surface area contributed by atoms with E-state index in [2.05, 4.69) is 0 Å². The lowest BCUT2D eigenvalue weighted by atomic mass is 9.84. The summed E-state index contributed by atoms with van der Waals surface area (Å²) in [5.74, 6) is -0.117. The predicted octanol–water partition coefficient (Wildman–Crippen LogP) is -0.932. The zero-order valence-electron chi connectivity index (χ0n) is 9.38. The molecule has 1 saturated heterocycles. The van der Waals surface area contributed by atoms with Crippen molar-refractivity contribution in [2.24, 2.45) is 11.7 Å². The average Bonchev–Trinajstić information content (AvgIpc) is 2.59. The lowest BCUT2D eigenvalue weighted by Gasteiger charge is -2.30. The third-order valence-corrected chi connectivity index (χ3v) is 3.71. The molecule has 92 valence electrons. The van der Waals surface area contributed by atoms with E-state index in [1.165, 1.54) is 0 Å². The molecule has 2 unspecified atom stereocenters. The minimum Gasteiger partial charge on any atom is -0.388 e. The van der Waals surface area contributed by atoms with Gasteiger partial charge in [0.15, 0.2) is 0 Å². The van der Waals surface area contributed by atoms with E-state index in [1.807, 2.05) is 0 Å². The summed E-state index contributed by atoms with van der Waals surface area (Å²) < 4.78 is 0. The molecule has 0 spiro atoms. The Morgan fingerprint density at radius 3 is 2.25 bits per heavy atom. The number of likely N-dealkylation sites (tertiary alicyclic amines) is 1. The maximum atomic E-state index is 12.1. The van der Waals surface area contributed by atoms with E-state index in [4.69, 9.17) is 5.73 Å². The van der Waals surface area contributed by atoms with Gasteiger partial charge in [0.25, 0.3) is 0 Å². The van der Waals surface area contributed by atoms with E-state index >= 15 is 0 Å². The van der Waals surface area contributed by atoms with Gasteiger partial charge in [-0.25, -0.2) is 0 Å². The van der Waals surface area contributed by atoms with Crippen LogP contribution in [-0.4, -0.2) is 52.4 Å². The van der Waals surface area contributed by atoms with Crippen LogP contribution in [0, 0.1) is 5.92 Å². The molecule has 0 aromatic carbocycles. The maximum absolute atomic E-state index is 12.1. The highest BCUT2D eigenvalue weighted by Crippen LogP contribution is 2.26. The Labute approximate surface area is 95.2 Å². The normalized spacial score (nSPS) is 40.1. The Morgan fingerprint density at radius 2 is 1.69 bits per heavy atom. The first-order valence-electron chi connectivity index (χ1n) is 6.00. The Bertz CT molecular complexity index is 262. The number of nitrogens with zero attached hydrogens (tertiary/aromatic N) is 1. The van der Waals surface area contributed by atoms with Crippen LogP contribution in [0.2, 0.25) is 0 Å². The van der Waals surface area contributed by atoms with Gasteiger partial charge in [0.1, 0.15) is 0 Å². The van der Waals surface area contributed by atoms with Crippen molar-refractivity contribution in [3.8, 4) is 0 Å². The summed E-state index contributed by atoms with van der Waals surface area (Å²) in [4.78, 5) is 13.7. The van der Waals surface area contributed by atoms with Crippen molar-refractivity contribution in [1.82, 2.24) is 4.90 Å².